The van der Waals surface area contributed by atoms with Gasteiger partial charge in [-0.2, -0.15) is 0 Å². The second kappa shape index (κ2) is 7.73. The zero-order chi connectivity index (χ0) is 14.3. The van der Waals surface area contributed by atoms with E-state index in [1.165, 1.54) is 25.0 Å². The van der Waals surface area contributed by atoms with Gasteiger partial charge in [0.25, 0.3) is 0 Å². The average Bonchev–Trinajstić information content (AvgIpc) is 2.34. The van der Waals surface area contributed by atoms with Crippen LogP contribution in [-0.2, 0) is 16.0 Å². The second-order valence-electron chi connectivity index (χ2n) is 4.00. The fourth-order valence-electron chi connectivity index (χ4n) is 1.44. The zero-order valence-corrected chi connectivity index (χ0v) is 11.7. The molecule has 19 heavy (non-hydrogen) atoms. The highest BCUT2D eigenvalue weighted by Crippen LogP contribution is 2.17. The van der Waals surface area contributed by atoms with Crippen molar-refractivity contribution in [3.05, 3.63) is 18.1 Å². The van der Waals surface area contributed by atoms with Crippen LogP contribution in [0.5, 0.6) is 0 Å². The van der Waals surface area contributed by atoms with E-state index in [2.05, 4.69) is 22.2 Å². The van der Waals surface area contributed by atoms with Crippen LogP contribution in [0.4, 0.5) is 0 Å². The topological polar surface area (TPSA) is 92.2 Å². The number of carboxylic acid groups (broad SMARTS) is 1. The van der Waals surface area contributed by atoms with E-state index in [1.807, 2.05) is 6.07 Å². The standard InChI is InChI=1S/C12H17N3O3S/c1-3-4-9-5-11(14-7-13-9)19-6-10(12(17)18)15-8(2)16/h5,7,10H,3-4,6H2,1-2H3,(H,15,16)(H,17,18). The molecule has 1 aromatic rings. The summed E-state index contributed by atoms with van der Waals surface area (Å²) in [6.45, 7) is 3.36. The summed E-state index contributed by atoms with van der Waals surface area (Å²) in [6, 6.07) is 0.938. The van der Waals surface area contributed by atoms with Crippen LogP contribution in [0.1, 0.15) is 26.0 Å². The Morgan fingerprint density at radius 1 is 1.47 bits per heavy atom. The molecule has 0 aromatic carbocycles. The number of hydrogen-bond acceptors (Lipinski definition) is 5. The molecule has 1 amide bonds. The molecule has 0 bridgehead atoms. The number of carbonyl (C=O) groups excluding carboxylic acids is 1. The minimum absolute atomic E-state index is 0.234. The Balaban J connectivity index is 2.60. The lowest BCUT2D eigenvalue weighted by Gasteiger charge is -2.12. The van der Waals surface area contributed by atoms with Crippen molar-refractivity contribution in [2.45, 2.75) is 37.8 Å². The fourth-order valence-corrected chi connectivity index (χ4v) is 2.34. The molecule has 0 saturated heterocycles. The highest BCUT2D eigenvalue weighted by molar-refractivity contribution is 7.99. The molecule has 1 unspecified atom stereocenters. The molecule has 0 saturated carbocycles. The van der Waals surface area contributed by atoms with Crippen LogP contribution in [-0.4, -0.2) is 38.7 Å². The predicted molar refractivity (Wildman–Crippen MR) is 72.0 cm³/mol. The Labute approximate surface area is 116 Å². The summed E-state index contributed by atoms with van der Waals surface area (Å²) in [5.41, 5.74) is 0.936. The van der Waals surface area contributed by atoms with E-state index in [1.54, 1.807) is 0 Å². The molecule has 0 fully saturated rings. The number of hydrogen-bond donors (Lipinski definition) is 2. The molecule has 7 heteroatoms. The van der Waals surface area contributed by atoms with E-state index in [-0.39, 0.29) is 11.7 Å². The van der Waals surface area contributed by atoms with Crippen LogP contribution in [0.15, 0.2) is 17.4 Å². The molecule has 6 nitrogen and oxygen atoms in total. The number of nitrogens with one attached hydrogen (secondary N) is 1. The van der Waals surface area contributed by atoms with Gasteiger partial charge in [0.05, 0.1) is 5.03 Å². The van der Waals surface area contributed by atoms with E-state index in [4.69, 9.17) is 5.11 Å². The number of nitrogens with zero attached hydrogens (tertiary/aromatic N) is 2. The number of carboxylic acids is 1. The summed E-state index contributed by atoms with van der Waals surface area (Å²) in [6.07, 6.45) is 3.33. The molecular formula is C12H17N3O3S. The molecule has 0 aliphatic carbocycles. The predicted octanol–water partition coefficient (Wildman–Crippen LogP) is 1.11. The molecule has 1 heterocycles. The number of aliphatic carboxylic acids is 1. The van der Waals surface area contributed by atoms with Crippen molar-refractivity contribution in [3.63, 3.8) is 0 Å². The largest absolute Gasteiger partial charge is 0.480 e. The van der Waals surface area contributed by atoms with Crippen molar-refractivity contribution in [3.8, 4) is 0 Å². The van der Waals surface area contributed by atoms with Crippen molar-refractivity contribution >= 4 is 23.6 Å². The normalized spacial score (nSPS) is 11.9. The Hall–Kier alpha value is -1.63. The van der Waals surface area contributed by atoms with Gasteiger partial charge >= 0.3 is 5.97 Å². The van der Waals surface area contributed by atoms with Crippen LogP contribution < -0.4 is 5.32 Å². The number of rotatable bonds is 7. The molecule has 1 rings (SSSR count). The Kier molecular flexibility index (Phi) is 6.27. The quantitative estimate of drug-likeness (QED) is 0.575. The Morgan fingerprint density at radius 3 is 2.79 bits per heavy atom. The van der Waals surface area contributed by atoms with Gasteiger partial charge in [-0.25, -0.2) is 14.8 Å². The smallest absolute Gasteiger partial charge is 0.327 e. The summed E-state index contributed by atoms with van der Waals surface area (Å²) in [5, 5.41) is 12.1. The summed E-state index contributed by atoms with van der Waals surface area (Å²) >= 11 is 1.29. The highest BCUT2D eigenvalue weighted by Gasteiger charge is 2.18. The van der Waals surface area contributed by atoms with Crippen LogP contribution >= 0.6 is 11.8 Å². The SMILES string of the molecule is CCCc1cc(SCC(NC(C)=O)C(=O)O)ncn1. The summed E-state index contributed by atoms with van der Waals surface area (Å²) < 4.78 is 0. The number of thioether (sulfide) groups is 1. The van der Waals surface area contributed by atoms with E-state index < -0.39 is 12.0 Å². The van der Waals surface area contributed by atoms with Crippen LogP contribution in [0.2, 0.25) is 0 Å². The summed E-state index contributed by atoms with van der Waals surface area (Å²) in [4.78, 5) is 30.1. The lowest BCUT2D eigenvalue weighted by atomic mass is 10.2. The zero-order valence-electron chi connectivity index (χ0n) is 10.9. The maximum absolute atomic E-state index is 11.0. The minimum Gasteiger partial charge on any atom is -0.480 e. The van der Waals surface area contributed by atoms with Crippen LogP contribution in [0.25, 0.3) is 0 Å². The van der Waals surface area contributed by atoms with Gasteiger partial charge in [-0.3, -0.25) is 4.79 Å². The van der Waals surface area contributed by atoms with Gasteiger partial charge in [0, 0.05) is 18.4 Å². The molecule has 0 aliphatic heterocycles. The van der Waals surface area contributed by atoms with E-state index >= 15 is 0 Å². The average molecular weight is 283 g/mol. The molecule has 1 atom stereocenters. The molecule has 2 N–H and O–H groups in total. The first kappa shape index (κ1) is 15.4. The monoisotopic (exact) mass is 283 g/mol. The van der Waals surface area contributed by atoms with Crippen LogP contribution in [0.3, 0.4) is 0 Å². The number of aryl methyl sites for hydroxylation is 1. The lowest BCUT2D eigenvalue weighted by Crippen LogP contribution is -2.41. The maximum atomic E-state index is 11.0. The maximum Gasteiger partial charge on any atom is 0.327 e. The van der Waals surface area contributed by atoms with Gasteiger partial charge in [-0.05, 0) is 12.5 Å². The fraction of sp³-hybridized carbons (Fsp3) is 0.500. The number of carbonyl (C=O) groups is 2. The lowest BCUT2D eigenvalue weighted by molar-refractivity contribution is -0.140. The molecule has 0 radical (unpaired) electrons. The van der Waals surface area contributed by atoms with Crippen molar-refractivity contribution in [2.75, 3.05) is 5.75 Å². The third-order valence-corrected chi connectivity index (χ3v) is 3.30. The summed E-state index contributed by atoms with van der Waals surface area (Å²) in [7, 11) is 0. The van der Waals surface area contributed by atoms with Crippen molar-refractivity contribution < 1.29 is 14.7 Å². The first-order valence-electron chi connectivity index (χ1n) is 5.96. The second-order valence-corrected chi connectivity index (χ2v) is 5.04. The van der Waals surface area contributed by atoms with Crippen molar-refractivity contribution in [1.82, 2.24) is 15.3 Å². The highest BCUT2D eigenvalue weighted by atomic mass is 32.2. The third kappa shape index (κ3) is 5.69. The number of aromatic nitrogens is 2. The van der Waals surface area contributed by atoms with Gasteiger partial charge < -0.3 is 10.4 Å². The van der Waals surface area contributed by atoms with E-state index in [0.717, 1.165) is 23.6 Å². The van der Waals surface area contributed by atoms with E-state index in [9.17, 15) is 9.59 Å². The van der Waals surface area contributed by atoms with Crippen molar-refractivity contribution in [2.24, 2.45) is 0 Å². The van der Waals surface area contributed by atoms with Gasteiger partial charge in [-0.15, -0.1) is 11.8 Å². The van der Waals surface area contributed by atoms with Gasteiger partial charge in [0.15, 0.2) is 0 Å². The Morgan fingerprint density at radius 2 is 2.21 bits per heavy atom. The first-order chi connectivity index (χ1) is 9.02. The van der Waals surface area contributed by atoms with Gasteiger partial charge in [0.1, 0.15) is 12.4 Å². The molecular weight excluding hydrogens is 266 g/mol. The summed E-state index contributed by atoms with van der Waals surface area (Å²) in [5.74, 6) is -1.18. The van der Waals surface area contributed by atoms with Crippen molar-refractivity contribution in [1.29, 1.82) is 0 Å². The molecule has 0 spiro atoms. The first-order valence-corrected chi connectivity index (χ1v) is 6.95. The van der Waals surface area contributed by atoms with Crippen LogP contribution in [0, 0.1) is 0 Å². The number of amides is 1. The Bertz CT molecular complexity index is 454. The third-order valence-electron chi connectivity index (χ3n) is 2.28. The van der Waals surface area contributed by atoms with Gasteiger partial charge in [-0.1, -0.05) is 13.3 Å². The molecule has 1 aromatic heterocycles. The van der Waals surface area contributed by atoms with E-state index in [0.29, 0.717) is 0 Å². The van der Waals surface area contributed by atoms with Gasteiger partial charge in [0.2, 0.25) is 5.91 Å². The molecule has 0 aliphatic rings. The molecule has 104 valence electrons. The minimum atomic E-state index is -1.05.